The molecule has 0 saturated carbocycles. The minimum absolute atomic E-state index is 0.0256. The topological polar surface area (TPSA) is 228 Å². The van der Waals surface area contributed by atoms with Crippen LogP contribution in [0.3, 0.4) is 0 Å². The largest absolute Gasteiger partial charge is 0.508 e. The van der Waals surface area contributed by atoms with E-state index in [4.69, 9.17) is 10.8 Å². The molecular formula is C24H36N4O9. The van der Waals surface area contributed by atoms with Gasteiger partial charge in [0.1, 0.15) is 29.9 Å². The smallest absolute Gasteiger partial charge is 0.326 e. The molecule has 0 heterocycles. The van der Waals surface area contributed by atoms with Gasteiger partial charge in [-0.25, -0.2) is 4.79 Å². The van der Waals surface area contributed by atoms with Crippen LogP contribution in [0.25, 0.3) is 0 Å². The molecule has 0 bridgehead atoms. The van der Waals surface area contributed by atoms with E-state index in [1.54, 1.807) is 13.8 Å². The summed E-state index contributed by atoms with van der Waals surface area (Å²) in [5, 5.41) is 44.7. The number of carbonyl (C=O) groups excluding carboxylic acids is 3. The number of nitrogens with one attached hydrogen (secondary N) is 3. The zero-order valence-electron chi connectivity index (χ0n) is 21.0. The number of phenols is 1. The summed E-state index contributed by atoms with van der Waals surface area (Å²) in [6.07, 6.45) is -1.69. The Kier molecular flexibility index (Phi) is 12.5. The highest BCUT2D eigenvalue weighted by atomic mass is 16.4. The Morgan fingerprint density at radius 1 is 0.892 bits per heavy atom. The molecule has 0 spiro atoms. The summed E-state index contributed by atoms with van der Waals surface area (Å²) >= 11 is 0. The van der Waals surface area contributed by atoms with Crippen molar-refractivity contribution in [1.82, 2.24) is 16.0 Å². The summed E-state index contributed by atoms with van der Waals surface area (Å²) in [6, 6.07) is 0.528. The summed E-state index contributed by atoms with van der Waals surface area (Å²) in [5.41, 5.74) is 6.20. The Morgan fingerprint density at radius 3 is 1.95 bits per heavy atom. The molecule has 6 atom stereocenters. The van der Waals surface area contributed by atoms with E-state index in [1.807, 2.05) is 0 Å². The lowest BCUT2D eigenvalue weighted by Gasteiger charge is -2.28. The first kappa shape index (κ1) is 31.3. The predicted octanol–water partition coefficient (Wildman–Crippen LogP) is -0.907. The van der Waals surface area contributed by atoms with Crippen LogP contribution in [0.4, 0.5) is 0 Å². The first-order valence-corrected chi connectivity index (χ1v) is 11.8. The number of rotatable bonds is 15. The van der Waals surface area contributed by atoms with Crippen LogP contribution in [0.5, 0.6) is 5.75 Å². The maximum Gasteiger partial charge on any atom is 0.326 e. The third kappa shape index (κ3) is 10.4. The number of amides is 3. The Balaban J connectivity index is 3.20. The highest BCUT2D eigenvalue weighted by Gasteiger charge is 2.33. The van der Waals surface area contributed by atoms with Crippen molar-refractivity contribution < 1.29 is 44.4 Å². The fraction of sp³-hybridized carbons (Fsp3) is 0.542. The van der Waals surface area contributed by atoms with Gasteiger partial charge in [0.25, 0.3) is 0 Å². The Labute approximate surface area is 214 Å². The molecule has 0 aliphatic rings. The van der Waals surface area contributed by atoms with Crippen LogP contribution in [-0.2, 0) is 30.4 Å². The fourth-order valence-electron chi connectivity index (χ4n) is 3.31. The van der Waals surface area contributed by atoms with Crippen LogP contribution in [0.1, 0.15) is 45.6 Å². The minimum Gasteiger partial charge on any atom is -0.508 e. The first-order chi connectivity index (χ1) is 17.3. The maximum absolute atomic E-state index is 13.2. The SMILES string of the molecule is CCC(C)C(NC(=O)C(N)C(C)O)C(=O)NC(Cc1ccc(O)cc1)C(=O)NC(CCC(=O)O)C(=O)O. The molecule has 3 amide bonds. The molecule has 0 aliphatic heterocycles. The average Bonchev–Trinajstić information content (AvgIpc) is 2.84. The van der Waals surface area contributed by atoms with Crippen LogP contribution in [0.15, 0.2) is 24.3 Å². The number of benzene rings is 1. The van der Waals surface area contributed by atoms with Crippen molar-refractivity contribution in [2.24, 2.45) is 11.7 Å². The predicted molar refractivity (Wildman–Crippen MR) is 131 cm³/mol. The first-order valence-electron chi connectivity index (χ1n) is 11.8. The third-order valence-corrected chi connectivity index (χ3v) is 5.89. The van der Waals surface area contributed by atoms with Gasteiger partial charge in [0, 0.05) is 12.8 Å². The molecular weight excluding hydrogens is 488 g/mol. The average molecular weight is 525 g/mol. The van der Waals surface area contributed by atoms with E-state index in [2.05, 4.69) is 16.0 Å². The van der Waals surface area contributed by atoms with Gasteiger partial charge in [-0.2, -0.15) is 0 Å². The molecule has 0 saturated heterocycles. The van der Waals surface area contributed by atoms with Crippen molar-refractivity contribution in [3.8, 4) is 5.75 Å². The van der Waals surface area contributed by atoms with Crippen molar-refractivity contribution in [2.45, 2.75) is 76.7 Å². The zero-order chi connectivity index (χ0) is 28.3. The van der Waals surface area contributed by atoms with Crippen molar-refractivity contribution in [1.29, 1.82) is 0 Å². The molecule has 1 rings (SSSR count). The lowest BCUT2D eigenvalue weighted by Crippen LogP contribution is -2.60. The minimum atomic E-state index is -1.52. The maximum atomic E-state index is 13.2. The van der Waals surface area contributed by atoms with Crippen LogP contribution in [0, 0.1) is 5.92 Å². The standard InChI is InChI=1S/C24H36N4O9/c1-4-12(2)20(28-22(34)19(25)13(3)29)23(35)27-17(11-14-5-7-15(30)8-6-14)21(33)26-16(24(36)37)9-10-18(31)32/h5-8,12-13,16-17,19-20,29-30H,4,9-11,25H2,1-3H3,(H,26,33)(H,27,35)(H,28,34)(H,31,32)(H,36,37). The number of carboxylic acid groups (broad SMARTS) is 2. The van der Waals surface area contributed by atoms with Crippen LogP contribution >= 0.6 is 0 Å². The van der Waals surface area contributed by atoms with Crippen molar-refractivity contribution >= 4 is 29.7 Å². The summed E-state index contributed by atoms with van der Waals surface area (Å²) in [7, 11) is 0. The van der Waals surface area contributed by atoms with Gasteiger partial charge in [-0.05, 0) is 37.0 Å². The second-order valence-electron chi connectivity index (χ2n) is 8.90. The molecule has 0 aliphatic carbocycles. The van der Waals surface area contributed by atoms with Gasteiger partial charge in [0.05, 0.1) is 6.10 Å². The van der Waals surface area contributed by atoms with E-state index < -0.39 is 72.3 Å². The van der Waals surface area contributed by atoms with E-state index in [-0.39, 0.29) is 18.6 Å². The van der Waals surface area contributed by atoms with Crippen LogP contribution in [0.2, 0.25) is 0 Å². The normalized spacial score (nSPS) is 15.8. The lowest BCUT2D eigenvalue weighted by atomic mass is 9.96. The number of aromatic hydroxyl groups is 1. The number of nitrogens with two attached hydrogens (primary N) is 1. The Bertz CT molecular complexity index is 952. The monoisotopic (exact) mass is 524 g/mol. The molecule has 6 unspecified atom stereocenters. The fourth-order valence-corrected chi connectivity index (χ4v) is 3.31. The summed E-state index contributed by atoms with van der Waals surface area (Å²) in [5.74, 6) is -5.49. The van der Waals surface area contributed by atoms with E-state index in [0.29, 0.717) is 12.0 Å². The summed E-state index contributed by atoms with van der Waals surface area (Å²) in [4.78, 5) is 61.1. The number of hydrogen-bond donors (Lipinski definition) is 8. The molecule has 9 N–H and O–H groups in total. The molecule has 0 fully saturated rings. The van der Waals surface area contributed by atoms with Gasteiger partial charge in [-0.3, -0.25) is 19.2 Å². The van der Waals surface area contributed by atoms with Crippen molar-refractivity contribution in [2.75, 3.05) is 0 Å². The van der Waals surface area contributed by atoms with Crippen LogP contribution < -0.4 is 21.7 Å². The van der Waals surface area contributed by atoms with E-state index in [9.17, 15) is 39.3 Å². The molecule has 0 aromatic heterocycles. The second-order valence-corrected chi connectivity index (χ2v) is 8.90. The number of aliphatic hydroxyl groups excluding tert-OH is 1. The Morgan fingerprint density at radius 2 is 1.46 bits per heavy atom. The highest BCUT2D eigenvalue weighted by Crippen LogP contribution is 2.14. The number of aliphatic hydroxyl groups is 1. The molecule has 1 aromatic rings. The number of phenolic OH excluding ortho intramolecular Hbond substituents is 1. The lowest BCUT2D eigenvalue weighted by molar-refractivity contribution is -0.143. The molecule has 13 nitrogen and oxygen atoms in total. The van der Waals surface area contributed by atoms with E-state index >= 15 is 0 Å². The van der Waals surface area contributed by atoms with E-state index in [1.165, 1.54) is 31.2 Å². The quantitative estimate of drug-likeness (QED) is 0.141. The number of aliphatic carboxylic acids is 2. The molecule has 1 aromatic carbocycles. The van der Waals surface area contributed by atoms with Gasteiger partial charge < -0.3 is 42.1 Å². The van der Waals surface area contributed by atoms with Gasteiger partial charge in [-0.15, -0.1) is 0 Å². The van der Waals surface area contributed by atoms with Gasteiger partial charge in [-0.1, -0.05) is 32.4 Å². The molecule has 37 heavy (non-hydrogen) atoms. The van der Waals surface area contributed by atoms with Gasteiger partial charge in [0.15, 0.2) is 0 Å². The molecule has 13 heteroatoms. The third-order valence-electron chi connectivity index (χ3n) is 5.89. The summed E-state index contributed by atoms with van der Waals surface area (Å²) < 4.78 is 0. The van der Waals surface area contributed by atoms with Crippen LogP contribution in [-0.4, -0.2) is 80.4 Å². The zero-order valence-corrected chi connectivity index (χ0v) is 21.0. The Hall–Kier alpha value is -3.71. The van der Waals surface area contributed by atoms with E-state index in [0.717, 1.165) is 0 Å². The van der Waals surface area contributed by atoms with Crippen molar-refractivity contribution in [3.05, 3.63) is 29.8 Å². The number of carboxylic acids is 2. The second kappa shape index (κ2) is 14.8. The van der Waals surface area contributed by atoms with Crippen molar-refractivity contribution in [3.63, 3.8) is 0 Å². The number of hydrogen-bond acceptors (Lipinski definition) is 8. The highest BCUT2D eigenvalue weighted by molar-refractivity contribution is 5.94. The van der Waals surface area contributed by atoms with Gasteiger partial charge >= 0.3 is 11.9 Å². The van der Waals surface area contributed by atoms with Gasteiger partial charge in [0.2, 0.25) is 17.7 Å². The summed E-state index contributed by atoms with van der Waals surface area (Å²) in [6.45, 7) is 4.80. The molecule has 0 radical (unpaired) electrons. The molecule has 206 valence electrons. The number of carbonyl (C=O) groups is 5.